The number of fused-ring (bicyclic) bond motifs is 1. The lowest BCUT2D eigenvalue weighted by Gasteiger charge is -2.36. The summed E-state index contributed by atoms with van der Waals surface area (Å²) >= 11 is 0. The predicted molar refractivity (Wildman–Crippen MR) is 84.7 cm³/mol. The summed E-state index contributed by atoms with van der Waals surface area (Å²) in [6.07, 6.45) is -0.0880. The maximum Gasteiger partial charge on any atom is 0.304 e. The van der Waals surface area contributed by atoms with Gasteiger partial charge in [0.05, 0.1) is 6.42 Å². The third kappa shape index (κ3) is 2.46. The van der Waals surface area contributed by atoms with E-state index in [4.69, 9.17) is 0 Å². The first-order chi connectivity index (χ1) is 10.5. The van der Waals surface area contributed by atoms with Crippen LogP contribution in [0.2, 0.25) is 0 Å². The molecule has 22 heavy (non-hydrogen) atoms. The minimum Gasteiger partial charge on any atom is -0.481 e. The first-order valence-electron chi connectivity index (χ1n) is 7.35. The Labute approximate surface area is 129 Å². The molecule has 2 unspecified atom stereocenters. The van der Waals surface area contributed by atoms with E-state index in [0.29, 0.717) is 6.54 Å². The van der Waals surface area contributed by atoms with E-state index in [2.05, 4.69) is 0 Å². The van der Waals surface area contributed by atoms with Crippen LogP contribution in [0.25, 0.3) is 0 Å². The van der Waals surface area contributed by atoms with E-state index in [-0.39, 0.29) is 6.42 Å². The molecule has 0 fully saturated rings. The average molecular weight is 297 g/mol. The highest BCUT2D eigenvalue weighted by Gasteiger charge is 2.47. The summed E-state index contributed by atoms with van der Waals surface area (Å²) in [5.74, 6) is -1.34. The number of anilines is 1. The fraction of sp³-hybridized carbons (Fsp3) is 0.278. The number of para-hydroxylation sites is 1. The zero-order valence-electron chi connectivity index (χ0n) is 12.4. The Morgan fingerprint density at radius 1 is 1.14 bits per heavy atom. The van der Waals surface area contributed by atoms with Gasteiger partial charge in [-0.1, -0.05) is 48.5 Å². The van der Waals surface area contributed by atoms with Gasteiger partial charge < -0.3 is 15.1 Å². The van der Waals surface area contributed by atoms with Crippen LogP contribution in [0.3, 0.4) is 0 Å². The number of hydrogen-bond donors (Lipinski definition) is 2. The fourth-order valence-corrected chi connectivity index (χ4v) is 3.24. The molecule has 0 radical (unpaired) electrons. The first kappa shape index (κ1) is 14.6. The smallest absolute Gasteiger partial charge is 0.304 e. The van der Waals surface area contributed by atoms with Crippen LogP contribution in [0.5, 0.6) is 0 Å². The zero-order chi connectivity index (χ0) is 15.7. The normalized spacial score (nSPS) is 23.4. The fourth-order valence-electron chi connectivity index (χ4n) is 3.24. The molecule has 0 saturated carbocycles. The SMILES string of the molecule is CC1(O)C(CC(=O)O)c2ccccc2N1Cc1ccccc1. The van der Waals surface area contributed by atoms with E-state index < -0.39 is 17.6 Å². The second-order valence-electron chi connectivity index (χ2n) is 5.88. The average Bonchev–Trinajstić information content (AvgIpc) is 2.70. The van der Waals surface area contributed by atoms with Crippen molar-refractivity contribution < 1.29 is 15.0 Å². The lowest BCUT2D eigenvalue weighted by molar-refractivity contribution is -0.139. The Morgan fingerprint density at radius 3 is 2.45 bits per heavy atom. The van der Waals surface area contributed by atoms with Crippen LogP contribution >= 0.6 is 0 Å². The number of aliphatic carboxylic acids is 1. The zero-order valence-corrected chi connectivity index (χ0v) is 12.4. The van der Waals surface area contributed by atoms with E-state index in [1.54, 1.807) is 6.92 Å². The largest absolute Gasteiger partial charge is 0.481 e. The van der Waals surface area contributed by atoms with E-state index in [0.717, 1.165) is 16.8 Å². The van der Waals surface area contributed by atoms with Crippen molar-refractivity contribution in [3.05, 3.63) is 65.7 Å². The highest BCUT2D eigenvalue weighted by molar-refractivity contribution is 5.72. The molecule has 0 saturated heterocycles. The minimum absolute atomic E-state index is 0.0880. The van der Waals surface area contributed by atoms with Crippen molar-refractivity contribution in [3.63, 3.8) is 0 Å². The lowest BCUT2D eigenvalue weighted by atomic mass is 9.90. The Morgan fingerprint density at radius 2 is 1.77 bits per heavy atom. The molecule has 0 amide bonds. The molecule has 1 heterocycles. The van der Waals surface area contributed by atoms with Crippen molar-refractivity contribution in [2.24, 2.45) is 0 Å². The molecular formula is C18H19NO3. The highest BCUT2D eigenvalue weighted by Crippen LogP contribution is 2.48. The van der Waals surface area contributed by atoms with Gasteiger partial charge in [-0.05, 0) is 24.1 Å². The maximum atomic E-state index is 11.2. The summed E-state index contributed by atoms with van der Waals surface area (Å²) in [5.41, 5.74) is 1.65. The van der Waals surface area contributed by atoms with Crippen LogP contribution in [0.4, 0.5) is 5.69 Å². The molecule has 0 spiro atoms. The molecule has 3 rings (SSSR count). The third-order valence-corrected chi connectivity index (χ3v) is 4.37. The quantitative estimate of drug-likeness (QED) is 0.911. The van der Waals surface area contributed by atoms with Crippen LogP contribution in [-0.4, -0.2) is 21.9 Å². The Hall–Kier alpha value is -2.33. The molecule has 0 aliphatic carbocycles. The minimum atomic E-state index is -1.22. The van der Waals surface area contributed by atoms with Gasteiger partial charge >= 0.3 is 5.97 Å². The van der Waals surface area contributed by atoms with Crippen LogP contribution in [0.1, 0.15) is 30.4 Å². The molecule has 1 aliphatic rings. The van der Waals surface area contributed by atoms with Crippen molar-refractivity contribution in [2.45, 2.75) is 31.5 Å². The molecule has 2 aromatic carbocycles. The molecule has 114 valence electrons. The van der Waals surface area contributed by atoms with Crippen molar-refractivity contribution in [3.8, 4) is 0 Å². The van der Waals surface area contributed by atoms with Gasteiger partial charge in [-0.15, -0.1) is 0 Å². The molecule has 2 atom stereocenters. The number of carboxylic acid groups (broad SMARTS) is 1. The second kappa shape index (κ2) is 5.46. The second-order valence-corrected chi connectivity index (χ2v) is 5.88. The summed E-state index contributed by atoms with van der Waals surface area (Å²) in [4.78, 5) is 13.1. The van der Waals surface area contributed by atoms with Crippen LogP contribution in [-0.2, 0) is 11.3 Å². The highest BCUT2D eigenvalue weighted by atomic mass is 16.4. The molecule has 0 bridgehead atoms. The van der Waals surface area contributed by atoms with Gasteiger partial charge in [0, 0.05) is 18.2 Å². The van der Waals surface area contributed by atoms with Crippen molar-refractivity contribution in [2.75, 3.05) is 4.90 Å². The summed E-state index contributed by atoms with van der Waals surface area (Å²) < 4.78 is 0. The van der Waals surface area contributed by atoms with Gasteiger partial charge in [0.2, 0.25) is 0 Å². The van der Waals surface area contributed by atoms with Crippen LogP contribution < -0.4 is 4.90 Å². The molecule has 1 aliphatic heterocycles. The van der Waals surface area contributed by atoms with Gasteiger partial charge in [0.1, 0.15) is 5.72 Å². The predicted octanol–water partition coefficient (Wildman–Crippen LogP) is 2.97. The van der Waals surface area contributed by atoms with Crippen molar-refractivity contribution in [1.82, 2.24) is 0 Å². The molecule has 4 heteroatoms. The lowest BCUT2D eigenvalue weighted by Crippen LogP contribution is -2.46. The molecular weight excluding hydrogens is 278 g/mol. The van der Waals surface area contributed by atoms with Gasteiger partial charge in [-0.25, -0.2) is 0 Å². The number of nitrogens with zero attached hydrogens (tertiary/aromatic N) is 1. The summed E-state index contributed by atoms with van der Waals surface area (Å²) in [7, 11) is 0. The number of carbonyl (C=O) groups is 1. The Kier molecular flexibility index (Phi) is 3.62. The van der Waals surface area contributed by atoms with Gasteiger partial charge in [0.15, 0.2) is 0 Å². The molecule has 4 nitrogen and oxygen atoms in total. The topological polar surface area (TPSA) is 60.8 Å². The van der Waals surface area contributed by atoms with E-state index >= 15 is 0 Å². The van der Waals surface area contributed by atoms with Gasteiger partial charge in [-0.3, -0.25) is 4.79 Å². The van der Waals surface area contributed by atoms with E-state index in [1.807, 2.05) is 59.5 Å². The van der Waals surface area contributed by atoms with Crippen molar-refractivity contribution in [1.29, 1.82) is 0 Å². The first-order valence-corrected chi connectivity index (χ1v) is 7.35. The summed E-state index contributed by atoms with van der Waals surface area (Å²) in [5, 5.41) is 20.2. The monoisotopic (exact) mass is 297 g/mol. The standard InChI is InChI=1S/C18H19NO3/c1-18(22)15(11-17(20)21)14-9-5-6-10-16(14)19(18)12-13-7-3-2-4-8-13/h2-10,15,22H,11-12H2,1H3,(H,20,21). The molecule has 2 aromatic rings. The number of carboxylic acids is 1. The van der Waals surface area contributed by atoms with Crippen LogP contribution in [0, 0.1) is 0 Å². The maximum absolute atomic E-state index is 11.2. The number of hydrogen-bond acceptors (Lipinski definition) is 3. The van der Waals surface area contributed by atoms with E-state index in [1.165, 1.54) is 0 Å². The number of aliphatic hydroxyl groups is 1. The van der Waals surface area contributed by atoms with Crippen molar-refractivity contribution >= 4 is 11.7 Å². The number of benzene rings is 2. The van der Waals surface area contributed by atoms with E-state index in [9.17, 15) is 15.0 Å². The summed E-state index contributed by atoms with van der Waals surface area (Å²) in [6.45, 7) is 2.24. The Balaban J connectivity index is 2.00. The van der Waals surface area contributed by atoms with Crippen LogP contribution in [0.15, 0.2) is 54.6 Å². The number of rotatable bonds is 4. The molecule has 0 aromatic heterocycles. The summed E-state index contributed by atoms with van der Waals surface area (Å²) in [6, 6.07) is 17.5. The van der Waals surface area contributed by atoms with Gasteiger partial charge in [-0.2, -0.15) is 0 Å². The van der Waals surface area contributed by atoms with Gasteiger partial charge in [0.25, 0.3) is 0 Å². The Bertz CT molecular complexity index is 682. The third-order valence-electron chi connectivity index (χ3n) is 4.37. The molecule has 2 N–H and O–H groups in total.